The van der Waals surface area contributed by atoms with E-state index in [1.807, 2.05) is 4.98 Å². The van der Waals surface area contributed by atoms with Crippen LogP contribution in [0.1, 0.15) is 39.1 Å². The number of carboxylic acid groups (broad SMARTS) is 2. The van der Waals surface area contributed by atoms with E-state index >= 15 is 0 Å². The molecule has 27 heavy (non-hydrogen) atoms. The number of halogens is 1. The van der Waals surface area contributed by atoms with Crippen molar-refractivity contribution in [2.45, 2.75) is 19.4 Å². The molecule has 0 saturated heterocycles. The zero-order chi connectivity index (χ0) is 19.7. The topological polar surface area (TPSA) is 143 Å². The Morgan fingerprint density at radius 3 is 2.48 bits per heavy atom. The van der Waals surface area contributed by atoms with E-state index in [-0.39, 0.29) is 23.3 Å². The molecular weight excluding hydrogens is 359 g/mol. The molecule has 8 nitrogen and oxygen atoms in total. The lowest BCUT2D eigenvalue weighted by Gasteiger charge is -2.16. The fourth-order valence-corrected chi connectivity index (χ4v) is 2.86. The number of anilines is 1. The molecule has 0 bridgehead atoms. The summed E-state index contributed by atoms with van der Waals surface area (Å²) in [5.41, 5.74) is 3.15. The van der Waals surface area contributed by atoms with Crippen LogP contribution in [0.5, 0.6) is 0 Å². The standard InChI is InChI=1S/C18H17FN2O6/c19-10-3-4-11(9(5-10)7-27-6-8-1-2-8)12-13(17(23)24)15(20)21-16(22)14(12)18(25)26/h3-5,8H,1-2,6-7H2,(H,23,24)(H,25,26)(H3,20,21,22). The maximum absolute atomic E-state index is 13.8. The first-order valence-electron chi connectivity index (χ1n) is 8.18. The lowest BCUT2D eigenvalue weighted by Crippen LogP contribution is -2.24. The maximum atomic E-state index is 13.8. The number of nitrogens with two attached hydrogens (primary N) is 1. The van der Waals surface area contributed by atoms with Crippen LogP contribution in [-0.2, 0) is 11.3 Å². The number of pyridine rings is 1. The third-order valence-corrected chi connectivity index (χ3v) is 4.32. The van der Waals surface area contributed by atoms with Crippen molar-refractivity contribution in [1.82, 2.24) is 4.98 Å². The molecule has 0 aliphatic heterocycles. The number of benzene rings is 1. The van der Waals surface area contributed by atoms with E-state index in [0.717, 1.165) is 25.0 Å². The highest BCUT2D eigenvalue weighted by atomic mass is 19.1. The molecule has 1 aromatic carbocycles. The predicted octanol–water partition coefficient (Wildman–Crippen LogP) is 2.09. The number of aromatic nitrogens is 1. The van der Waals surface area contributed by atoms with Crippen LogP contribution in [0.15, 0.2) is 23.0 Å². The third kappa shape index (κ3) is 3.82. The monoisotopic (exact) mass is 376 g/mol. The Kier molecular flexibility index (Phi) is 4.95. The minimum absolute atomic E-state index is 0.0611. The van der Waals surface area contributed by atoms with Gasteiger partial charge in [-0.15, -0.1) is 0 Å². The highest BCUT2D eigenvalue weighted by Gasteiger charge is 2.28. The van der Waals surface area contributed by atoms with Gasteiger partial charge in [-0.05, 0) is 42.0 Å². The number of ether oxygens (including phenoxy) is 1. The molecule has 0 unspecified atom stereocenters. The molecule has 1 aromatic heterocycles. The van der Waals surface area contributed by atoms with Crippen molar-refractivity contribution in [2.24, 2.45) is 5.92 Å². The van der Waals surface area contributed by atoms with Crippen LogP contribution in [0, 0.1) is 11.7 Å². The van der Waals surface area contributed by atoms with Crippen LogP contribution in [0.4, 0.5) is 10.2 Å². The molecule has 1 saturated carbocycles. The first-order chi connectivity index (χ1) is 12.8. The molecule has 1 aliphatic carbocycles. The molecule has 3 rings (SSSR count). The maximum Gasteiger partial charge on any atom is 0.342 e. The van der Waals surface area contributed by atoms with Crippen molar-refractivity contribution in [2.75, 3.05) is 12.3 Å². The minimum Gasteiger partial charge on any atom is -0.478 e. The third-order valence-electron chi connectivity index (χ3n) is 4.32. The second-order valence-electron chi connectivity index (χ2n) is 6.36. The van der Waals surface area contributed by atoms with Gasteiger partial charge in [-0.2, -0.15) is 0 Å². The highest BCUT2D eigenvalue weighted by Crippen LogP contribution is 2.33. The van der Waals surface area contributed by atoms with E-state index in [2.05, 4.69) is 0 Å². The van der Waals surface area contributed by atoms with Gasteiger partial charge in [0.05, 0.1) is 6.61 Å². The van der Waals surface area contributed by atoms with Gasteiger partial charge in [0.15, 0.2) is 0 Å². The van der Waals surface area contributed by atoms with Crippen LogP contribution in [0.25, 0.3) is 11.1 Å². The number of H-pyrrole nitrogens is 1. The van der Waals surface area contributed by atoms with E-state index in [1.165, 1.54) is 6.07 Å². The molecule has 5 N–H and O–H groups in total. The van der Waals surface area contributed by atoms with Crippen molar-refractivity contribution >= 4 is 17.8 Å². The van der Waals surface area contributed by atoms with Gasteiger partial charge in [-0.1, -0.05) is 6.07 Å². The van der Waals surface area contributed by atoms with Gasteiger partial charge in [0, 0.05) is 12.2 Å². The summed E-state index contributed by atoms with van der Waals surface area (Å²) in [5, 5.41) is 19.0. The van der Waals surface area contributed by atoms with Crippen LogP contribution in [-0.4, -0.2) is 33.7 Å². The summed E-state index contributed by atoms with van der Waals surface area (Å²) in [6.07, 6.45) is 2.10. The molecule has 1 aliphatic rings. The Hall–Kier alpha value is -3.20. The van der Waals surface area contributed by atoms with Crippen LogP contribution >= 0.6 is 0 Å². The summed E-state index contributed by atoms with van der Waals surface area (Å²) in [5.74, 6) is -3.78. The molecule has 0 amide bonds. The molecule has 0 spiro atoms. The van der Waals surface area contributed by atoms with Gasteiger partial charge >= 0.3 is 11.9 Å². The summed E-state index contributed by atoms with van der Waals surface area (Å²) in [4.78, 5) is 37.5. The Morgan fingerprint density at radius 2 is 1.89 bits per heavy atom. The van der Waals surface area contributed by atoms with E-state index in [4.69, 9.17) is 10.5 Å². The molecule has 2 aromatic rings. The molecule has 1 fully saturated rings. The second-order valence-corrected chi connectivity index (χ2v) is 6.36. The molecular formula is C18H17FN2O6. The molecule has 9 heteroatoms. The number of nitrogen functional groups attached to an aromatic ring is 1. The quantitative estimate of drug-likeness (QED) is 0.579. The first-order valence-corrected chi connectivity index (χ1v) is 8.18. The Labute approximate surface area is 152 Å². The number of hydrogen-bond acceptors (Lipinski definition) is 5. The number of aromatic carboxylic acids is 2. The van der Waals surface area contributed by atoms with Crippen molar-refractivity contribution in [3.8, 4) is 11.1 Å². The summed E-state index contributed by atoms with van der Waals surface area (Å²) >= 11 is 0. The number of carbonyl (C=O) groups is 2. The largest absolute Gasteiger partial charge is 0.478 e. The average Bonchev–Trinajstić information content (AvgIpc) is 3.37. The van der Waals surface area contributed by atoms with Gasteiger partial charge < -0.3 is 25.7 Å². The van der Waals surface area contributed by atoms with Crippen molar-refractivity contribution in [3.63, 3.8) is 0 Å². The average molecular weight is 376 g/mol. The lowest BCUT2D eigenvalue weighted by molar-refractivity contribution is 0.0695. The van der Waals surface area contributed by atoms with Gasteiger partial charge in [0.2, 0.25) is 0 Å². The zero-order valence-corrected chi connectivity index (χ0v) is 14.1. The fraction of sp³-hybridized carbons (Fsp3) is 0.278. The smallest absolute Gasteiger partial charge is 0.342 e. The normalized spacial score (nSPS) is 13.5. The molecule has 0 atom stereocenters. The summed E-state index contributed by atoms with van der Waals surface area (Å²) in [6.45, 7) is 0.402. The van der Waals surface area contributed by atoms with E-state index in [9.17, 15) is 29.0 Å². The number of aromatic amines is 1. The Bertz CT molecular complexity index is 981. The Morgan fingerprint density at radius 1 is 1.22 bits per heavy atom. The van der Waals surface area contributed by atoms with Gasteiger partial charge in [-0.25, -0.2) is 14.0 Å². The van der Waals surface area contributed by atoms with Gasteiger partial charge in [0.25, 0.3) is 5.56 Å². The molecule has 142 valence electrons. The summed E-state index contributed by atoms with van der Waals surface area (Å²) in [7, 11) is 0. The van der Waals surface area contributed by atoms with Crippen LogP contribution in [0.2, 0.25) is 0 Å². The number of carboxylic acids is 2. The van der Waals surface area contributed by atoms with E-state index in [0.29, 0.717) is 12.5 Å². The molecule has 0 radical (unpaired) electrons. The second kappa shape index (κ2) is 7.20. The van der Waals surface area contributed by atoms with E-state index < -0.39 is 40.3 Å². The number of rotatable bonds is 7. The number of hydrogen-bond donors (Lipinski definition) is 4. The fourth-order valence-electron chi connectivity index (χ4n) is 2.86. The first kappa shape index (κ1) is 18.6. The summed E-state index contributed by atoms with van der Waals surface area (Å²) in [6, 6.07) is 3.39. The lowest BCUT2D eigenvalue weighted by atomic mass is 9.92. The molecule has 1 heterocycles. The van der Waals surface area contributed by atoms with Gasteiger partial charge in [-0.3, -0.25) is 4.79 Å². The zero-order valence-electron chi connectivity index (χ0n) is 14.1. The van der Waals surface area contributed by atoms with Crippen molar-refractivity contribution in [3.05, 3.63) is 51.1 Å². The van der Waals surface area contributed by atoms with Gasteiger partial charge in [0.1, 0.15) is 22.8 Å². The highest BCUT2D eigenvalue weighted by molar-refractivity contribution is 6.07. The minimum atomic E-state index is -1.62. The van der Waals surface area contributed by atoms with Crippen molar-refractivity contribution < 1.29 is 28.9 Å². The summed E-state index contributed by atoms with van der Waals surface area (Å²) < 4.78 is 19.3. The van der Waals surface area contributed by atoms with Crippen molar-refractivity contribution in [1.29, 1.82) is 0 Å². The van der Waals surface area contributed by atoms with Crippen LogP contribution in [0.3, 0.4) is 0 Å². The van der Waals surface area contributed by atoms with E-state index in [1.54, 1.807) is 0 Å². The Balaban J connectivity index is 2.21. The SMILES string of the molecule is Nc1[nH]c(=O)c(C(=O)O)c(-c2ccc(F)cc2COCC2CC2)c1C(=O)O. The predicted molar refractivity (Wildman–Crippen MR) is 93.2 cm³/mol. The number of nitrogens with one attached hydrogen (secondary N) is 1. The van der Waals surface area contributed by atoms with Crippen LogP contribution < -0.4 is 11.3 Å².